The Bertz CT molecular complexity index is 848. The molecule has 142 valence electrons. The van der Waals surface area contributed by atoms with E-state index in [1.54, 1.807) is 24.3 Å². The van der Waals surface area contributed by atoms with E-state index in [0.29, 0.717) is 17.7 Å². The fourth-order valence-corrected chi connectivity index (χ4v) is 3.20. The smallest absolute Gasteiger partial charge is 0.251 e. The molecule has 1 atom stereocenters. The van der Waals surface area contributed by atoms with Crippen molar-refractivity contribution < 1.29 is 19.1 Å². The van der Waals surface area contributed by atoms with Crippen LogP contribution in [0, 0.1) is 0 Å². The first-order valence-corrected chi connectivity index (χ1v) is 8.87. The number of nitrogens with one attached hydrogen (secondary N) is 2. The minimum atomic E-state index is -0.379. The van der Waals surface area contributed by atoms with Crippen LogP contribution in [0.1, 0.15) is 42.2 Å². The molecule has 6 heteroatoms. The van der Waals surface area contributed by atoms with Crippen molar-refractivity contribution in [2.45, 2.75) is 31.9 Å². The molecule has 2 aromatic carbocycles. The molecule has 0 spiro atoms. The van der Waals surface area contributed by atoms with Crippen molar-refractivity contribution in [2.75, 3.05) is 13.7 Å². The second kappa shape index (κ2) is 7.70. The Labute approximate surface area is 158 Å². The summed E-state index contributed by atoms with van der Waals surface area (Å²) in [5.41, 5.74) is 1.01. The van der Waals surface area contributed by atoms with Crippen LogP contribution in [0.25, 0.3) is 0 Å². The first kappa shape index (κ1) is 18.8. The summed E-state index contributed by atoms with van der Waals surface area (Å²) in [6.07, 6.45) is 0.652. The third kappa shape index (κ3) is 4.58. The van der Waals surface area contributed by atoms with E-state index < -0.39 is 0 Å². The molecule has 2 N–H and O–H groups in total. The molecule has 1 heterocycles. The molecule has 1 unspecified atom stereocenters. The summed E-state index contributed by atoms with van der Waals surface area (Å²) < 4.78 is 11.1. The van der Waals surface area contributed by atoms with Crippen molar-refractivity contribution in [1.29, 1.82) is 0 Å². The number of amides is 2. The predicted molar refractivity (Wildman–Crippen MR) is 102 cm³/mol. The number of carbonyl (C=O) groups is 2. The van der Waals surface area contributed by atoms with Gasteiger partial charge in [0.2, 0.25) is 5.91 Å². The number of rotatable bonds is 5. The quantitative estimate of drug-likeness (QED) is 0.851. The second-order valence-corrected chi connectivity index (χ2v) is 7.14. The van der Waals surface area contributed by atoms with Gasteiger partial charge in [0, 0.05) is 17.5 Å². The zero-order valence-electron chi connectivity index (χ0n) is 15.7. The highest BCUT2D eigenvalue weighted by Crippen LogP contribution is 2.39. The number of carbonyl (C=O) groups excluding carboxylic acids is 2. The van der Waals surface area contributed by atoms with Crippen LogP contribution in [0.3, 0.4) is 0 Å². The molecular formula is C21H24N2O4. The highest BCUT2D eigenvalue weighted by Gasteiger charge is 2.34. The lowest BCUT2D eigenvalue weighted by molar-refractivity contribution is -0.121. The SMILES string of the molecule is COc1cccc(C(=O)NCC(=O)NC2CC(C)(C)Oc3ccccc32)c1. The first-order valence-electron chi connectivity index (χ1n) is 8.87. The average Bonchev–Trinajstić information content (AvgIpc) is 2.65. The molecule has 6 nitrogen and oxygen atoms in total. The summed E-state index contributed by atoms with van der Waals surface area (Å²) in [5.74, 6) is 0.799. The molecule has 3 rings (SSSR count). The maximum absolute atomic E-state index is 12.4. The van der Waals surface area contributed by atoms with Crippen LogP contribution >= 0.6 is 0 Å². The third-order valence-corrected chi connectivity index (χ3v) is 4.45. The molecule has 0 saturated carbocycles. The van der Waals surface area contributed by atoms with Gasteiger partial charge in [-0.1, -0.05) is 24.3 Å². The van der Waals surface area contributed by atoms with E-state index in [4.69, 9.17) is 9.47 Å². The fourth-order valence-electron chi connectivity index (χ4n) is 3.20. The molecule has 27 heavy (non-hydrogen) atoms. The summed E-state index contributed by atoms with van der Waals surface area (Å²) >= 11 is 0. The van der Waals surface area contributed by atoms with Crippen LogP contribution in [-0.2, 0) is 4.79 Å². The lowest BCUT2D eigenvalue weighted by Crippen LogP contribution is -2.44. The van der Waals surface area contributed by atoms with Gasteiger partial charge in [-0.2, -0.15) is 0 Å². The molecule has 1 aliphatic heterocycles. The minimum absolute atomic E-state index is 0.101. The summed E-state index contributed by atoms with van der Waals surface area (Å²) in [6.45, 7) is 3.88. The number of hydrogen-bond donors (Lipinski definition) is 2. The Hall–Kier alpha value is -3.02. The number of benzene rings is 2. The van der Waals surface area contributed by atoms with Crippen molar-refractivity contribution in [1.82, 2.24) is 10.6 Å². The van der Waals surface area contributed by atoms with Crippen molar-refractivity contribution in [3.05, 3.63) is 59.7 Å². The zero-order chi connectivity index (χ0) is 19.4. The van der Waals surface area contributed by atoms with Gasteiger partial charge in [-0.15, -0.1) is 0 Å². The van der Waals surface area contributed by atoms with Crippen LogP contribution in [0.15, 0.2) is 48.5 Å². The number of fused-ring (bicyclic) bond motifs is 1. The Kier molecular flexibility index (Phi) is 5.35. The van der Waals surface area contributed by atoms with Gasteiger partial charge in [-0.3, -0.25) is 9.59 Å². The predicted octanol–water partition coefficient (Wildman–Crippen LogP) is 2.84. The van der Waals surface area contributed by atoms with E-state index in [2.05, 4.69) is 10.6 Å². The maximum atomic E-state index is 12.4. The number of methoxy groups -OCH3 is 1. The molecule has 2 aromatic rings. The van der Waals surface area contributed by atoms with Gasteiger partial charge in [0.25, 0.3) is 5.91 Å². The van der Waals surface area contributed by atoms with Gasteiger partial charge in [0.15, 0.2) is 0 Å². The molecular weight excluding hydrogens is 344 g/mol. The van der Waals surface area contributed by atoms with E-state index in [-0.39, 0.29) is 30.0 Å². The molecule has 0 aliphatic carbocycles. The van der Waals surface area contributed by atoms with Crippen molar-refractivity contribution >= 4 is 11.8 Å². The summed E-state index contributed by atoms with van der Waals surface area (Å²) in [4.78, 5) is 24.6. The Morgan fingerprint density at radius 1 is 1.19 bits per heavy atom. The minimum Gasteiger partial charge on any atom is -0.497 e. The summed E-state index contributed by atoms with van der Waals surface area (Å²) in [6, 6.07) is 14.3. The lowest BCUT2D eigenvalue weighted by atomic mass is 9.89. The number of hydrogen-bond acceptors (Lipinski definition) is 4. The normalized spacial score (nSPS) is 17.2. The Balaban J connectivity index is 1.61. The van der Waals surface area contributed by atoms with Gasteiger partial charge in [-0.25, -0.2) is 0 Å². The Morgan fingerprint density at radius 2 is 1.96 bits per heavy atom. The highest BCUT2D eigenvalue weighted by molar-refractivity contribution is 5.96. The van der Waals surface area contributed by atoms with Gasteiger partial charge in [0.05, 0.1) is 19.7 Å². The number of ether oxygens (including phenoxy) is 2. The number of para-hydroxylation sites is 1. The van der Waals surface area contributed by atoms with E-state index >= 15 is 0 Å². The van der Waals surface area contributed by atoms with Gasteiger partial charge < -0.3 is 20.1 Å². The summed E-state index contributed by atoms with van der Waals surface area (Å²) in [5, 5.41) is 5.65. The first-order chi connectivity index (χ1) is 12.9. The average molecular weight is 368 g/mol. The molecule has 2 amide bonds. The van der Waals surface area contributed by atoms with Crippen LogP contribution in [0.2, 0.25) is 0 Å². The van der Waals surface area contributed by atoms with Crippen LogP contribution < -0.4 is 20.1 Å². The molecule has 0 aromatic heterocycles. The molecule has 0 radical (unpaired) electrons. The van der Waals surface area contributed by atoms with Crippen LogP contribution in [0.5, 0.6) is 11.5 Å². The van der Waals surface area contributed by atoms with Gasteiger partial charge in [-0.05, 0) is 38.1 Å². The zero-order valence-corrected chi connectivity index (χ0v) is 15.7. The van der Waals surface area contributed by atoms with Gasteiger partial charge in [0.1, 0.15) is 17.1 Å². The van der Waals surface area contributed by atoms with E-state index in [1.807, 2.05) is 38.1 Å². The molecule has 1 aliphatic rings. The second-order valence-electron chi connectivity index (χ2n) is 7.14. The van der Waals surface area contributed by atoms with E-state index in [1.165, 1.54) is 7.11 Å². The summed E-state index contributed by atoms with van der Waals surface area (Å²) in [7, 11) is 1.54. The van der Waals surface area contributed by atoms with Crippen molar-refractivity contribution in [3.63, 3.8) is 0 Å². The third-order valence-electron chi connectivity index (χ3n) is 4.45. The standard InChI is InChI=1S/C21H24N2O4/c1-21(2)12-17(16-9-4-5-10-18(16)27-21)23-19(24)13-22-20(25)14-7-6-8-15(11-14)26-3/h4-11,17H,12-13H2,1-3H3,(H,22,25)(H,23,24). The van der Waals surface area contributed by atoms with Crippen molar-refractivity contribution in [2.24, 2.45) is 0 Å². The molecule has 0 fully saturated rings. The fraction of sp³-hybridized carbons (Fsp3) is 0.333. The topological polar surface area (TPSA) is 76.7 Å². The molecule has 0 bridgehead atoms. The van der Waals surface area contributed by atoms with Crippen molar-refractivity contribution in [3.8, 4) is 11.5 Å². The highest BCUT2D eigenvalue weighted by atomic mass is 16.5. The monoisotopic (exact) mass is 368 g/mol. The Morgan fingerprint density at radius 3 is 2.74 bits per heavy atom. The lowest BCUT2D eigenvalue weighted by Gasteiger charge is -2.37. The largest absolute Gasteiger partial charge is 0.497 e. The van der Waals surface area contributed by atoms with Crippen LogP contribution in [-0.4, -0.2) is 31.1 Å². The van der Waals surface area contributed by atoms with E-state index in [0.717, 1.165) is 11.3 Å². The maximum Gasteiger partial charge on any atom is 0.251 e. The van der Waals surface area contributed by atoms with Gasteiger partial charge >= 0.3 is 0 Å². The van der Waals surface area contributed by atoms with E-state index in [9.17, 15) is 9.59 Å². The molecule has 0 saturated heterocycles. The van der Waals surface area contributed by atoms with Crippen LogP contribution in [0.4, 0.5) is 0 Å².